The second kappa shape index (κ2) is 9.40. The van der Waals surface area contributed by atoms with Crippen LogP contribution in [0.3, 0.4) is 0 Å². The predicted octanol–water partition coefficient (Wildman–Crippen LogP) is 2.79. The molecule has 12 heteroatoms. The minimum absolute atomic E-state index is 0.250. The molecule has 0 bridgehead atoms. The van der Waals surface area contributed by atoms with Gasteiger partial charge in [-0.05, 0) is 29.5 Å². The second-order valence-electron chi connectivity index (χ2n) is 5.31. The van der Waals surface area contributed by atoms with Crippen molar-refractivity contribution in [1.29, 1.82) is 0 Å². The van der Waals surface area contributed by atoms with Gasteiger partial charge in [0.2, 0.25) is 0 Å². The van der Waals surface area contributed by atoms with Crippen LogP contribution in [-0.2, 0) is 28.1 Å². The molecule has 0 aliphatic heterocycles. The first-order valence-electron chi connectivity index (χ1n) is 7.33. The monoisotopic (exact) mass is 450 g/mol. The van der Waals surface area contributed by atoms with Crippen LogP contribution in [0.15, 0.2) is 28.7 Å². The van der Waals surface area contributed by atoms with E-state index in [-0.39, 0.29) is 6.15 Å². The zero-order chi connectivity index (χ0) is 20.8. The molecule has 0 radical (unpaired) electrons. The molecule has 2 aromatic rings. The standard InChI is InChI=1S/C14H14BrF3N4O2.CO2/c1-2-9-6-12(22(23)24)20-21(9)7-14(19,13(17)18)10-5-8(15)3-4-11(10)16;2-1-3/h3-6,13H,2,7,19H2,1H3;. The second-order valence-corrected chi connectivity index (χ2v) is 6.23. The van der Waals surface area contributed by atoms with Crippen molar-refractivity contribution in [3.63, 3.8) is 0 Å². The number of hydrogen-bond donors (Lipinski definition) is 1. The van der Waals surface area contributed by atoms with Crippen molar-refractivity contribution in [3.8, 4) is 0 Å². The summed E-state index contributed by atoms with van der Waals surface area (Å²) in [5.74, 6) is -1.36. The summed E-state index contributed by atoms with van der Waals surface area (Å²) in [7, 11) is 0. The number of hydrogen-bond acceptors (Lipinski definition) is 6. The van der Waals surface area contributed by atoms with Gasteiger partial charge in [0.15, 0.2) is 0 Å². The molecular formula is C15H14BrF3N4O4. The SMILES string of the molecule is CCc1cc([N+](=O)[O-])nn1CC(N)(c1cc(Br)ccc1F)C(F)F.O=C=O. The Morgan fingerprint density at radius 1 is 1.41 bits per heavy atom. The fraction of sp³-hybridized carbons (Fsp3) is 0.333. The molecule has 146 valence electrons. The number of rotatable bonds is 6. The summed E-state index contributed by atoms with van der Waals surface area (Å²) >= 11 is 3.10. The van der Waals surface area contributed by atoms with Gasteiger partial charge in [0.25, 0.3) is 6.43 Å². The Hall–Kier alpha value is -2.56. The number of alkyl halides is 2. The molecule has 0 amide bonds. The van der Waals surface area contributed by atoms with Gasteiger partial charge in [0.1, 0.15) is 11.4 Å². The van der Waals surface area contributed by atoms with Crippen LogP contribution >= 0.6 is 15.9 Å². The average Bonchev–Trinajstić information content (AvgIpc) is 3.00. The van der Waals surface area contributed by atoms with Crippen molar-refractivity contribution >= 4 is 27.9 Å². The van der Waals surface area contributed by atoms with E-state index in [0.717, 1.165) is 10.7 Å². The molecular weight excluding hydrogens is 437 g/mol. The maximum Gasteiger partial charge on any atom is 0.390 e. The van der Waals surface area contributed by atoms with Gasteiger partial charge in [-0.3, -0.25) is 0 Å². The molecule has 2 N–H and O–H groups in total. The third kappa shape index (κ3) is 5.22. The average molecular weight is 451 g/mol. The van der Waals surface area contributed by atoms with Crippen LogP contribution in [-0.4, -0.2) is 27.3 Å². The Bertz CT molecular complexity index is 856. The van der Waals surface area contributed by atoms with Gasteiger partial charge in [-0.2, -0.15) is 14.3 Å². The Balaban J connectivity index is 0.00000114. The fourth-order valence-electron chi connectivity index (χ4n) is 2.32. The van der Waals surface area contributed by atoms with E-state index in [1.165, 1.54) is 18.2 Å². The van der Waals surface area contributed by atoms with E-state index in [0.29, 0.717) is 16.6 Å². The van der Waals surface area contributed by atoms with Gasteiger partial charge in [-0.1, -0.05) is 22.9 Å². The van der Waals surface area contributed by atoms with Crippen molar-refractivity contribution in [2.24, 2.45) is 5.73 Å². The lowest BCUT2D eigenvalue weighted by atomic mass is 9.90. The first-order chi connectivity index (χ1) is 12.6. The maximum absolute atomic E-state index is 14.1. The molecule has 8 nitrogen and oxygen atoms in total. The van der Waals surface area contributed by atoms with Crippen molar-refractivity contribution in [2.45, 2.75) is 31.9 Å². The van der Waals surface area contributed by atoms with Crippen LogP contribution in [0.2, 0.25) is 0 Å². The number of carbonyl (C=O) groups excluding carboxylic acids is 2. The molecule has 1 atom stereocenters. The van der Waals surface area contributed by atoms with E-state index in [1.54, 1.807) is 6.92 Å². The zero-order valence-corrected chi connectivity index (χ0v) is 15.5. The summed E-state index contributed by atoms with van der Waals surface area (Å²) in [6.07, 6.45) is -2.55. The van der Waals surface area contributed by atoms with E-state index in [1.807, 2.05) is 0 Å². The Labute approximate surface area is 159 Å². The minimum Gasteiger partial charge on any atom is -0.358 e. The van der Waals surface area contributed by atoms with Crippen molar-refractivity contribution in [2.75, 3.05) is 0 Å². The first-order valence-corrected chi connectivity index (χ1v) is 8.12. The number of nitro groups is 1. The topological polar surface area (TPSA) is 121 Å². The highest BCUT2D eigenvalue weighted by molar-refractivity contribution is 9.10. The number of benzene rings is 1. The Morgan fingerprint density at radius 2 is 2.00 bits per heavy atom. The molecule has 0 aliphatic carbocycles. The van der Waals surface area contributed by atoms with Gasteiger partial charge in [0, 0.05) is 10.0 Å². The molecule has 1 heterocycles. The van der Waals surface area contributed by atoms with Crippen LogP contribution in [0.5, 0.6) is 0 Å². The van der Waals surface area contributed by atoms with Gasteiger partial charge >= 0.3 is 12.0 Å². The Kier molecular flexibility index (Phi) is 7.82. The maximum atomic E-state index is 14.1. The summed E-state index contributed by atoms with van der Waals surface area (Å²) in [5, 5.41) is 14.5. The third-order valence-electron chi connectivity index (χ3n) is 3.63. The quantitative estimate of drug-likeness (QED) is 0.533. The largest absolute Gasteiger partial charge is 0.390 e. The summed E-state index contributed by atoms with van der Waals surface area (Å²) in [4.78, 5) is 26.4. The number of aryl methyl sites for hydroxylation is 1. The van der Waals surface area contributed by atoms with E-state index >= 15 is 0 Å². The van der Waals surface area contributed by atoms with Crippen LogP contribution in [0, 0.1) is 15.9 Å². The first kappa shape index (κ1) is 22.5. The third-order valence-corrected chi connectivity index (χ3v) is 4.12. The lowest BCUT2D eigenvalue weighted by Gasteiger charge is -2.29. The number of aromatic nitrogens is 2. The summed E-state index contributed by atoms with van der Waals surface area (Å²) < 4.78 is 42.9. The number of halogens is 4. The van der Waals surface area contributed by atoms with Crippen molar-refractivity contribution in [1.82, 2.24) is 9.78 Å². The molecule has 1 aromatic heterocycles. The molecule has 27 heavy (non-hydrogen) atoms. The van der Waals surface area contributed by atoms with E-state index < -0.39 is 40.6 Å². The van der Waals surface area contributed by atoms with Gasteiger partial charge in [-0.25, -0.2) is 13.2 Å². The van der Waals surface area contributed by atoms with Crippen molar-refractivity contribution in [3.05, 3.63) is 55.9 Å². The molecule has 0 spiro atoms. The molecule has 0 saturated heterocycles. The lowest BCUT2D eigenvalue weighted by Crippen LogP contribution is -2.48. The van der Waals surface area contributed by atoms with Crippen LogP contribution in [0.25, 0.3) is 0 Å². The number of nitrogens with zero attached hydrogens (tertiary/aromatic N) is 3. The van der Waals surface area contributed by atoms with E-state index in [4.69, 9.17) is 15.3 Å². The molecule has 0 fully saturated rings. The van der Waals surface area contributed by atoms with Gasteiger partial charge in [-0.15, -0.1) is 0 Å². The summed E-state index contributed by atoms with van der Waals surface area (Å²) in [5.41, 5.74) is 3.40. The minimum atomic E-state index is -3.12. The normalized spacial score (nSPS) is 12.7. The fourth-order valence-corrected chi connectivity index (χ4v) is 2.69. The smallest absolute Gasteiger partial charge is 0.358 e. The summed E-state index contributed by atoms with van der Waals surface area (Å²) in [6.45, 7) is 1.09. The van der Waals surface area contributed by atoms with Gasteiger partial charge in [0.05, 0.1) is 23.4 Å². The molecule has 1 aromatic carbocycles. The Morgan fingerprint density at radius 3 is 2.48 bits per heavy atom. The molecule has 1 unspecified atom stereocenters. The highest BCUT2D eigenvalue weighted by atomic mass is 79.9. The van der Waals surface area contributed by atoms with Crippen LogP contribution < -0.4 is 5.73 Å². The molecule has 0 saturated carbocycles. The summed E-state index contributed by atoms with van der Waals surface area (Å²) in [6, 6.07) is 4.74. The van der Waals surface area contributed by atoms with E-state index in [2.05, 4.69) is 21.0 Å². The highest BCUT2D eigenvalue weighted by Gasteiger charge is 2.42. The highest BCUT2D eigenvalue weighted by Crippen LogP contribution is 2.32. The van der Waals surface area contributed by atoms with E-state index in [9.17, 15) is 23.3 Å². The predicted molar refractivity (Wildman–Crippen MR) is 89.2 cm³/mol. The van der Waals surface area contributed by atoms with Crippen LogP contribution in [0.1, 0.15) is 18.2 Å². The van der Waals surface area contributed by atoms with Gasteiger partial charge < -0.3 is 15.8 Å². The lowest BCUT2D eigenvalue weighted by molar-refractivity contribution is -0.389. The van der Waals surface area contributed by atoms with Crippen LogP contribution in [0.4, 0.5) is 19.0 Å². The number of nitrogens with two attached hydrogens (primary N) is 1. The molecule has 0 aliphatic rings. The van der Waals surface area contributed by atoms with Crippen molar-refractivity contribution < 1.29 is 27.7 Å². The zero-order valence-electron chi connectivity index (χ0n) is 13.9. The molecule has 2 rings (SSSR count).